The number of aliphatic carboxylic acids is 1. The highest BCUT2D eigenvalue weighted by molar-refractivity contribution is 5.85. The third-order valence-corrected chi connectivity index (χ3v) is 4.44. The maximum atomic E-state index is 12.4. The molecule has 0 saturated heterocycles. The van der Waals surface area contributed by atoms with Gasteiger partial charge < -0.3 is 25.8 Å². The fraction of sp³-hybridized carbons (Fsp3) is 0.364. The maximum Gasteiger partial charge on any atom is 0.305 e. The molecule has 2 rings (SSSR count). The van der Waals surface area contributed by atoms with Crippen LogP contribution >= 0.6 is 0 Å². The molecule has 10 heteroatoms. The molecule has 1 aromatic carbocycles. The second-order valence-electron chi connectivity index (χ2n) is 7.07. The molecule has 0 bridgehead atoms. The van der Waals surface area contributed by atoms with Gasteiger partial charge in [-0.1, -0.05) is 12.1 Å². The van der Waals surface area contributed by atoms with Crippen LogP contribution in [0.4, 0.5) is 10.2 Å². The van der Waals surface area contributed by atoms with Gasteiger partial charge in [0, 0.05) is 19.2 Å². The van der Waals surface area contributed by atoms with Gasteiger partial charge in [-0.2, -0.15) is 0 Å². The SMILES string of the molecule is Cc1ccnc(NCCCC(=O)NCC(=O)NC(CC(=O)O)c2cccc(OCF)c2)c1. The molecule has 0 radical (unpaired) electrons. The van der Waals surface area contributed by atoms with Crippen molar-refractivity contribution in [3.05, 3.63) is 53.7 Å². The molecule has 32 heavy (non-hydrogen) atoms. The second kappa shape index (κ2) is 12.9. The Kier molecular flexibility index (Phi) is 9.89. The fourth-order valence-electron chi connectivity index (χ4n) is 2.92. The molecule has 1 atom stereocenters. The molecule has 0 fully saturated rings. The van der Waals surface area contributed by atoms with Gasteiger partial charge in [0.05, 0.1) is 19.0 Å². The molecule has 2 aromatic rings. The van der Waals surface area contributed by atoms with Crippen molar-refractivity contribution < 1.29 is 28.6 Å². The second-order valence-corrected chi connectivity index (χ2v) is 7.07. The van der Waals surface area contributed by atoms with Gasteiger partial charge in [0.25, 0.3) is 0 Å². The molecule has 172 valence electrons. The van der Waals surface area contributed by atoms with E-state index in [9.17, 15) is 18.8 Å². The summed E-state index contributed by atoms with van der Waals surface area (Å²) in [5.41, 5.74) is 1.53. The molecule has 4 N–H and O–H groups in total. The Morgan fingerprint density at radius 3 is 2.72 bits per heavy atom. The van der Waals surface area contributed by atoms with Crippen LogP contribution in [0.2, 0.25) is 0 Å². The van der Waals surface area contributed by atoms with Crippen molar-refractivity contribution in [2.45, 2.75) is 32.2 Å². The minimum Gasteiger partial charge on any atom is -0.481 e. The summed E-state index contributed by atoms with van der Waals surface area (Å²) in [7, 11) is 0. The van der Waals surface area contributed by atoms with E-state index in [1.54, 1.807) is 18.3 Å². The topological polar surface area (TPSA) is 130 Å². The molecule has 0 spiro atoms. The van der Waals surface area contributed by atoms with E-state index in [4.69, 9.17) is 9.84 Å². The number of aromatic nitrogens is 1. The number of hydrogen-bond acceptors (Lipinski definition) is 6. The van der Waals surface area contributed by atoms with E-state index in [2.05, 4.69) is 20.9 Å². The Balaban J connectivity index is 1.77. The van der Waals surface area contributed by atoms with Crippen LogP contribution in [0.3, 0.4) is 0 Å². The number of rotatable bonds is 13. The van der Waals surface area contributed by atoms with Gasteiger partial charge in [0.15, 0.2) is 0 Å². The van der Waals surface area contributed by atoms with Gasteiger partial charge in [0.1, 0.15) is 11.6 Å². The monoisotopic (exact) mass is 446 g/mol. The number of carboxylic acids is 1. The van der Waals surface area contributed by atoms with E-state index in [1.807, 2.05) is 19.1 Å². The van der Waals surface area contributed by atoms with Crippen molar-refractivity contribution in [2.75, 3.05) is 25.3 Å². The maximum absolute atomic E-state index is 12.4. The lowest BCUT2D eigenvalue weighted by Gasteiger charge is -2.18. The summed E-state index contributed by atoms with van der Waals surface area (Å²) in [4.78, 5) is 39.6. The number of ether oxygens (including phenoxy) is 1. The fourth-order valence-corrected chi connectivity index (χ4v) is 2.92. The molecular weight excluding hydrogens is 419 g/mol. The predicted octanol–water partition coefficient (Wildman–Crippen LogP) is 2.34. The van der Waals surface area contributed by atoms with E-state index in [0.29, 0.717) is 18.5 Å². The number of benzene rings is 1. The molecule has 0 aliphatic rings. The Hall–Kier alpha value is -3.69. The number of carbonyl (C=O) groups is 3. The lowest BCUT2D eigenvalue weighted by atomic mass is 10.0. The quantitative estimate of drug-likeness (QED) is 0.348. The van der Waals surface area contributed by atoms with E-state index in [0.717, 1.165) is 11.4 Å². The molecule has 2 amide bonds. The molecule has 0 aliphatic heterocycles. The highest BCUT2D eigenvalue weighted by atomic mass is 19.1. The van der Waals surface area contributed by atoms with Crippen molar-refractivity contribution in [3.63, 3.8) is 0 Å². The van der Waals surface area contributed by atoms with E-state index in [1.165, 1.54) is 12.1 Å². The van der Waals surface area contributed by atoms with Gasteiger partial charge in [-0.25, -0.2) is 9.37 Å². The van der Waals surface area contributed by atoms with Crippen LogP contribution < -0.4 is 20.7 Å². The first-order valence-corrected chi connectivity index (χ1v) is 10.1. The van der Waals surface area contributed by atoms with Crippen molar-refractivity contribution in [1.82, 2.24) is 15.6 Å². The van der Waals surface area contributed by atoms with Crippen LogP contribution in [0, 0.1) is 6.92 Å². The zero-order valence-corrected chi connectivity index (χ0v) is 17.8. The number of carboxylic acid groups (broad SMARTS) is 1. The normalized spacial score (nSPS) is 11.3. The Bertz CT molecular complexity index is 925. The average Bonchev–Trinajstić information content (AvgIpc) is 2.75. The smallest absolute Gasteiger partial charge is 0.305 e. The van der Waals surface area contributed by atoms with Gasteiger partial charge in [-0.05, 0) is 48.7 Å². The van der Waals surface area contributed by atoms with Crippen LogP contribution in [0.15, 0.2) is 42.6 Å². The Morgan fingerprint density at radius 2 is 2.00 bits per heavy atom. The zero-order valence-electron chi connectivity index (χ0n) is 17.8. The first-order valence-electron chi connectivity index (χ1n) is 10.1. The summed E-state index contributed by atoms with van der Waals surface area (Å²) in [6.45, 7) is 1.19. The van der Waals surface area contributed by atoms with Crippen molar-refractivity contribution in [1.29, 1.82) is 0 Å². The molecule has 1 unspecified atom stereocenters. The number of nitrogens with one attached hydrogen (secondary N) is 3. The van der Waals surface area contributed by atoms with E-state index in [-0.39, 0.29) is 31.0 Å². The van der Waals surface area contributed by atoms with Crippen LogP contribution in [0.1, 0.15) is 36.4 Å². The van der Waals surface area contributed by atoms with Crippen LogP contribution in [-0.4, -0.2) is 47.8 Å². The number of carbonyl (C=O) groups excluding carboxylic acids is 2. The molecule has 0 saturated carbocycles. The summed E-state index contributed by atoms with van der Waals surface area (Å²) in [5.74, 6) is -1.00. The van der Waals surface area contributed by atoms with Gasteiger partial charge in [0.2, 0.25) is 18.7 Å². The van der Waals surface area contributed by atoms with Gasteiger partial charge >= 0.3 is 5.97 Å². The Labute approximate surface area is 185 Å². The number of alkyl halides is 1. The summed E-state index contributed by atoms with van der Waals surface area (Å²) < 4.78 is 17.2. The van der Waals surface area contributed by atoms with Crippen molar-refractivity contribution >= 4 is 23.6 Å². The number of aryl methyl sites for hydroxylation is 1. The van der Waals surface area contributed by atoms with Crippen LogP contribution in [0.25, 0.3) is 0 Å². The van der Waals surface area contributed by atoms with Crippen molar-refractivity contribution in [3.8, 4) is 5.75 Å². The predicted molar refractivity (Wildman–Crippen MR) is 116 cm³/mol. The lowest BCUT2D eigenvalue weighted by Crippen LogP contribution is -2.39. The molecule has 0 aliphatic carbocycles. The first kappa shape index (κ1) is 24.6. The summed E-state index contributed by atoms with van der Waals surface area (Å²) >= 11 is 0. The average molecular weight is 446 g/mol. The highest BCUT2D eigenvalue weighted by Crippen LogP contribution is 2.22. The minimum atomic E-state index is -1.12. The number of pyridine rings is 1. The van der Waals surface area contributed by atoms with Crippen LogP contribution in [0.5, 0.6) is 5.75 Å². The number of hydrogen-bond donors (Lipinski definition) is 4. The van der Waals surface area contributed by atoms with Gasteiger partial charge in [-0.15, -0.1) is 0 Å². The standard InChI is InChI=1S/C22H27FN4O5/c1-15-7-9-25-19(10-15)24-8-3-6-20(28)26-13-21(29)27-18(12-22(30)31)16-4-2-5-17(11-16)32-14-23/h2,4-5,7,9-11,18H,3,6,8,12-14H2,1H3,(H,24,25)(H,26,28)(H,27,29)(H,30,31). The highest BCUT2D eigenvalue weighted by Gasteiger charge is 2.19. The molecule has 1 heterocycles. The van der Waals surface area contributed by atoms with Gasteiger partial charge in [-0.3, -0.25) is 14.4 Å². The van der Waals surface area contributed by atoms with E-state index < -0.39 is 24.8 Å². The number of anilines is 1. The Morgan fingerprint density at radius 1 is 1.19 bits per heavy atom. The lowest BCUT2D eigenvalue weighted by molar-refractivity contribution is -0.138. The third kappa shape index (κ3) is 8.99. The summed E-state index contributed by atoms with van der Waals surface area (Å²) in [6.07, 6.45) is 2.09. The largest absolute Gasteiger partial charge is 0.481 e. The summed E-state index contributed by atoms with van der Waals surface area (Å²) in [6, 6.07) is 9.09. The number of amides is 2. The number of halogens is 1. The molecule has 1 aromatic heterocycles. The molecular formula is C22H27FN4O5. The van der Waals surface area contributed by atoms with Crippen LogP contribution in [-0.2, 0) is 14.4 Å². The minimum absolute atomic E-state index is 0.216. The van der Waals surface area contributed by atoms with Crippen molar-refractivity contribution in [2.24, 2.45) is 0 Å². The molecule has 9 nitrogen and oxygen atoms in total. The first-order chi connectivity index (χ1) is 15.4. The van der Waals surface area contributed by atoms with E-state index >= 15 is 0 Å². The summed E-state index contributed by atoms with van der Waals surface area (Å²) in [5, 5.41) is 17.4. The number of nitrogens with zero attached hydrogens (tertiary/aromatic N) is 1. The zero-order chi connectivity index (χ0) is 23.3. The third-order valence-electron chi connectivity index (χ3n) is 4.44.